The van der Waals surface area contributed by atoms with E-state index in [2.05, 4.69) is 21.9 Å². The lowest BCUT2D eigenvalue weighted by Gasteiger charge is -2.13. The second kappa shape index (κ2) is 10.7. The van der Waals surface area contributed by atoms with Gasteiger partial charge in [-0.3, -0.25) is 9.59 Å². The number of hydrogen-bond donors (Lipinski definition) is 2. The van der Waals surface area contributed by atoms with Gasteiger partial charge < -0.3 is 23.6 Å². The smallest absolute Gasteiger partial charge is 0.291 e. The van der Waals surface area contributed by atoms with Crippen LogP contribution in [0.4, 0.5) is 5.69 Å². The third kappa shape index (κ3) is 5.12. The van der Waals surface area contributed by atoms with Crippen molar-refractivity contribution in [2.75, 3.05) is 19.5 Å². The van der Waals surface area contributed by atoms with Crippen molar-refractivity contribution < 1.29 is 27.9 Å². The summed E-state index contributed by atoms with van der Waals surface area (Å²) < 4.78 is 22.3. The molecule has 0 spiro atoms. The highest BCUT2D eigenvalue weighted by molar-refractivity contribution is 6.09. The Hall–Kier alpha value is -4.53. The number of rotatable bonds is 7. The van der Waals surface area contributed by atoms with Crippen molar-refractivity contribution in [3.63, 3.8) is 0 Å². The van der Waals surface area contributed by atoms with Crippen LogP contribution in [0.3, 0.4) is 0 Å². The van der Waals surface area contributed by atoms with Gasteiger partial charge in [-0.2, -0.15) is 5.10 Å². The molecule has 2 aromatic heterocycles. The van der Waals surface area contributed by atoms with E-state index in [1.165, 1.54) is 7.11 Å². The molecule has 0 aliphatic heterocycles. The monoisotopic (exact) mass is 529 g/mol. The van der Waals surface area contributed by atoms with Gasteiger partial charge in [0.2, 0.25) is 5.91 Å². The lowest BCUT2D eigenvalue weighted by molar-refractivity contribution is -0.120. The van der Waals surface area contributed by atoms with Crippen molar-refractivity contribution in [2.45, 2.75) is 46.5 Å². The number of aryl methyl sites for hydroxylation is 3. The van der Waals surface area contributed by atoms with Crippen LogP contribution in [0.5, 0.6) is 11.5 Å². The zero-order valence-electron chi connectivity index (χ0n) is 22.7. The molecule has 9 nitrogen and oxygen atoms in total. The molecule has 0 bridgehead atoms. The molecule has 2 aromatic carbocycles. The summed E-state index contributed by atoms with van der Waals surface area (Å²) in [5.41, 5.74) is 9.05. The second-order valence-electron chi connectivity index (χ2n) is 9.71. The number of methoxy groups -OCH3 is 2. The van der Waals surface area contributed by atoms with Crippen molar-refractivity contribution >= 4 is 34.2 Å². The zero-order chi connectivity index (χ0) is 27.7. The van der Waals surface area contributed by atoms with Crippen LogP contribution in [0, 0.1) is 20.8 Å². The predicted molar refractivity (Wildman–Crippen MR) is 148 cm³/mol. The number of fused-ring (bicyclic) bond motifs is 2. The van der Waals surface area contributed by atoms with Crippen LogP contribution >= 0.6 is 0 Å². The molecule has 4 aromatic rings. The van der Waals surface area contributed by atoms with Gasteiger partial charge in [-0.05, 0) is 62.9 Å². The highest BCUT2D eigenvalue weighted by atomic mass is 16.5. The number of benzene rings is 2. The average molecular weight is 530 g/mol. The maximum absolute atomic E-state index is 13.2. The van der Waals surface area contributed by atoms with Crippen molar-refractivity contribution in [1.82, 2.24) is 5.43 Å². The van der Waals surface area contributed by atoms with Gasteiger partial charge in [0.1, 0.15) is 22.8 Å². The summed E-state index contributed by atoms with van der Waals surface area (Å²) in [6.45, 7) is 5.85. The molecule has 1 aliphatic rings. The summed E-state index contributed by atoms with van der Waals surface area (Å²) in [6.07, 6.45) is 3.90. The van der Waals surface area contributed by atoms with Crippen molar-refractivity contribution in [2.24, 2.45) is 5.10 Å². The summed E-state index contributed by atoms with van der Waals surface area (Å²) in [4.78, 5) is 26.0. The van der Waals surface area contributed by atoms with Gasteiger partial charge >= 0.3 is 0 Å². The largest absolute Gasteiger partial charge is 0.497 e. The minimum absolute atomic E-state index is 0.140. The number of nitrogens with zero attached hydrogens (tertiary/aromatic N) is 1. The number of anilines is 1. The van der Waals surface area contributed by atoms with Crippen LogP contribution in [0.15, 0.2) is 50.5 Å². The molecular formula is C30H31N3O6. The van der Waals surface area contributed by atoms with Gasteiger partial charge in [0, 0.05) is 34.6 Å². The Morgan fingerprint density at radius 3 is 2.64 bits per heavy atom. The fraction of sp³-hybridized carbons (Fsp3) is 0.300. The zero-order valence-corrected chi connectivity index (χ0v) is 22.7. The van der Waals surface area contributed by atoms with E-state index in [1.807, 2.05) is 26.8 Å². The van der Waals surface area contributed by atoms with E-state index in [9.17, 15) is 9.59 Å². The molecule has 202 valence electrons. The summed E-state index contributed by atoms with van der Waals surface area (Å²) in [7, 11) is 3.08. The highest BCUT2D eigenvalue weighted by Crippen LogP contribution is 2.33. The van der Waals surface area contributed by atoms with E-state index in [1.54, 1.807) is 31.6 Å². The second-order valence-corrected chi connectivity index (χ2v) is 9.71. The van der Waals surface area contributed by atoms with Gasteiger partial charge in [-0.1, -0.05) is 6.07 Å². The van der Waals surface area contributed by atoms with Crippen LogP contribution in [-0.4, -0.2) is 31.7 Å². The maximum Gasteiger partial charge on any atom is 0.291 e. The number of hydrogen-bond acceptors (Lipinski definition) is 7. The Kier molecular flexibility index (Phi) is 7.15. The number of carbonyl (C=O) groups is 2. The fourth-order valence-electron chi connectivity index (χ4n) is 5.19. The van der Waals surface area contributed by atoms with Crippen LogP contribution in [-0.2, 0) is 17.6 Å². The van der Waals surface area contributed by atoms with E-state index < -0.39 is 5.91 Å². The Labute approximate surface area is 226 Å². The van der Waals surface area contributed by atoms with Crippen LogP contribution < -0.4 is 20.2 Å². The topological polar surface area (TPSA) is 115 Å². The Morgan fingerprint density at radius 2 is 1.87 bits per heavy atom. The molecule has 0 fully saturated rings. The van der Waals surface area contributed by atoms with Crippen LogP contribution in [0.1, 0.15) is 57.0 Å². The van der Waals surface area contributed by atoms with Gasteiger partial charge in [-0.15, -0.1) is 0 Å². The standard InChI is InChI=1S/C30H31N3O6/c1-16-11-17(2)27-19(15-38-25(27)12-16)13-26(34)33-32-21-7-6-8-24-28(21)18(3)29(39-24)30(35)31-22-14-20(36-4)9-10-23(22)37-5/h9-12,14-15H,6-8,13H2,1-5H3,(H,31,35)(H,33,34)/b32-21+. The third-order valence-electron chi connectivity index (χ3n) is 6.95. The number of hydrazone groups is 1. The first-order chi connectivity index (χ1) is 18.8. The van der Waals surface area contributed by atoms with Gasteiger partial charge in [0.25, 0.3) is 5.91 Å². The summed E-state index contributed by atoms with van der Waals surface area (Å²) in [5, 5.41) is 8.26. The highest BCUT2D eigenvalue weighted by Gasteiger charge is 2.28. The molecule has 5 rings (SSSR count). The minimum atomic E-state index is -0.408. The first-order valence-corrected chi connectivity index (χ1v) is 12.8. The molecule has 0 radical (unpaired) electrons. The molecule has 2 amide bonds. The number of carbonyl (C=O) groups excluding carboxylic acids is 2. The van der Waals surface area contributed by atoms with E-state index >= 15 is 0 Å². The lowest BCUT2D eigenvalue weighted by atomic mass is 9.93. The molecule has 1 aliphatic carbocycles. The molecule has 39 heavy (non-hydrogen) atoms. The number of furan rings is 2. The summed E-state index contributed by atoms with van der Waals surface area (Å²) in [6, 6.07) is 9.19. The van der Waals surface area contributed by atoms with Crippen molar-refractivity contribution in [1.29, 1.82) is 0 Å². The van der Waals surface area contributed by atoms with E-state index in [-0.39, 0.29) is 18.1 Å². The first kappa shape index (κ1) is 26.1. The van der Waals surface area contributed by atoms with Crippen molar-refractivity contribution in [3.8, 4) is 11.5 Å². The fourth-order valence-corrected chi connectivity index (χ4v) is 5.19. The molecule has 2 heterocycles. The average Bonchev–Trinajstić information content (AvgIpc) is 3.48. The summed E-state index contributed by atoms with van der Waals surface area (Å²) in [5.74, 6) is 1.30. The Bertz CT molecular complexity index is 1610. The summed E-state index contributed by atoms with van der Waals surface area (Å²) >= 11 is 0. The third-order valence-corrected chi connectivity index (χ3v) is 6.95. The Morgan fingerprint density at radius 1 is 1.05 bits per heavy atom. The van der Waals surface area contributed by atoms with Crippen LogP contribution in [0.2, 0.25) is 0 Å². The molecular weight excluding hydrogens is 498 g/mol. The molecule has 9 heteroatoms. The minimum Gasteiger partial charge on any atom is -0.497 e. The molecule has 0 atom stereocenters. The number of nitrogens with one attached hydrogen (secondary N) is 2. The van der Waals surface area contributed by atoms with Gasteiger partial charge in [0.15, 0.2) is 5.76 Å². The van der Waals surface area contributed by atoms with Crippen LogP contribution in [0.25, 0.3) is 11.0 Å². The number of amides is 2. The molecule has 0 saturated carbocycles. The molecule has 0 saturated heterocycles. The van der Waals surface area contributed by atoms with E-state index in [4.69, 9.17) is 18.3 Å². The lowest BCUT2D eigenvalue weighted by Crippen LogP contribution is -2.23. The van der Waals surface area contributed by atoms with Crippen molar-refractivity contribution in [3.05, 3.63) is 75.9 Å². The molecule has 2 N–H and O–H groups in total. The first-order valence-electron chi connectivity index (χ1n) is 12.8. The van der Waals surface area contributed by atoms with E-state index in [0.29, 0.717) is 47.1 Å². The number of ether oxygens (including phenoxy) is 2. The van der Waals surface area contributed by atoms with Gasteiger partial charge in [0.05, 0.1) is 38.3 Å². The molecule has 0 unspecified atom stereocenters. The quantitative estimate of drug-likeness (QED) is 0.300. The maximum atomic E-state index is 13.2. The predicted octanol–water partition coefficient (Wildman–Crippen LogP) is 5.62. The normalized spacial score (nSPS) is 13.8. The SMILES string of the molecule is COc1ccc(OC)c(NC(=O)c2oc3c(c2C)/C(=N/NC(=O)Cc2coc4cc(C)cc(C)c24)CCC3)c1. The van der Waals surface area contributed by atoms with Gasteiger partial charge in [-0.25, -0.2) is 5.43 Å². The Balaban J connectivity index is 1.35. The van der Waals surface area contributed by atoms with E-state index in [0.717, 1.165) is 39.6 Å².